The summed E-state index contributed by atoms with van der Waals surface area (Å²) in [5.74, 6) is 1.94. The monoisotopic (exact) mass is 182 g/mol. The number of fused-ring (bicyclic) bond motifs is 1. The zero-order valence-electron chi connectivity index (χ0n) is 9.09. The molecule has 3 unspecified atom stereocenters. The summed E-state index contributed by atoms with van der Waals surface area (Å²) in [5, 5.41) is 0. The first-order chi connectivity index (χ1) is 6.05. The van der Waals surface area contributed by atoms with Crippen LogP contribution >= 0.6 is 0 Å². The van der Waals surface area contributed by atoms with Crippen LogP contribution in [0, 0.1) is 17.3 Å². The van der Waals surface area contributed by atoms with Crippen LogP contribution < -0.4 is 5.73 Å². The van der Waals surface area contributed by atoms with E-state index in [0.717, 1.165) is 24.8 Å². The molecule has 2 nitrogen and oxygen atoms in total. The number of hydrogen-bond donors (Lipinski definition) is 1. The molecule has 76 valence electrons. The smallest absolute Gasteiger partial charge is 0.0165 e. The van der Waals surface area contributed by atoms with Crippen molar-refractivity contribution in [1.29, 1.82) is 0 Å². The van der Waals surface area contributed by atoms with Gasteiger partial charge in [-0.2, -0.15) is 0 Å². The molecule has 1 saturated heterocycles. The first-order valence-corrected chi connectivity index (χ1v) is 5.53. The van der Waals surface area contributed by atoms with E-state index in [0.29, 0.717) is 11.5 Å². The summed E-state index contributed by atoms with van der Waals surface area (Å²) in [5.41, 5.74) is 6.58. The lowest BCUT2D eigenvalue weighted by Crippen LogP contribution is -2.38. The van der Waals surface area contributed by atoms with Crippen LogP contribution in [-0.4, -0.2) is 30.6 Å². The Hall–Kier alpha value is -0.0800. The minimum atomic E-state index is 0.389. The van der Waals surface area contributed by atoms with E-state index in [-0.39, 0.29) is 0 Å². The second-order valence-corrected chi connectivity index (χ2v) is 5.42. The highest BCUT2D eigenvalue weighted by Gasteiger charge is 2.61. The molecule has 3 atom stereocenters. The SMILES string of the molecule is CCC(N)CN1CC2C(C1)C2(C)C. The van der Waals surface area contributed by atoms with Crippen molar-refractivity contribution in [3.8, 4) is 0 Å². The molecule has 2 aliphatic rings. The Morgan fingerprint density at radius 2 is 1.92 bits per heavy atom. The van der Waals surface area contributed by atoms with Gasteiger partial charge in [0.2, 0.25) is 0 Å². The molecule has 1 aliphatic heterocycles. The third-order valence-corrected chi connectivity index (χ3v) is 4.21. The van der Waals surface area contributed by atoms with Gasteiger partial charge in [-0.15, -0.1) is 0 Å². The van der Waals surface area contributed by atoms with Gasteiger partial charge in [0.25, 0.3) is 0 Å². The van der Waals surface area contributed by atoms with E-state index in [1.54, 1.807) is 0 Å². The zero-order chi connectivity index (χ0) is 9.64. The molecule has 0 bridgehead atoms. The van der Waals surface area contributed by atoms with Gasteiger partial charge in [-0.05, 0) is 23.7 Å². The lowest BCUT2D eigenvalue weighted by Gasteiger charge is -2.24. The van der Waals surface area contributed by atoms with Crippen LogP contribution in [0.25, 0.3) is 0 Å². The number of nitrogens with zero attached hydrogens (tertiary/aromatic N) is 1. The van der Waals surface area contributed by atoms with Gasteiger partial charge in [-0.3, -0.25) is 0 Å². The number of piperidine rings is 1. The lowest BCUT2D eigenvalue weighted by molar-refractivity contribution is 0.243. The Kier molecular flexibility index (Phi) is 2.16. The van der Waals surface area contributed by atoms with Gasteiger partial charge in [-0.25, -0.2) is 0 Å². The Bertz CT molecular complexity index is 186. The van der Waals surface area contributed by atoms with Crippen LogP contribution in [0.5, 0.6) is 0 Å². The predicted octanol–water partition coefficient (Wildman–Crippen LogP) is 1.31. The molecule has 0 radical (unpaired) electrons. The Morgan fingerprint density at radius 1 is 1.38 bits per heavy atom. The van der Waals surface area contributed by atoms with Crippen molar-refractivity contribution in [3.05, 3.63) is 0 Å². The fourth-order valence-electron chi connectivity index (χ4n) is 2.82. The molecule has 0 amide bonds. The number of nitrogens with two attached hydrogens (primary N) is 1. The predicted molar refractivity (Wildman–Crippen MR) is 55.5 cm³/mol. The Morgan fingerprint density at radius 3 is 2.38 bits per heavy atom. The van der Waals surface area contributed by atoms with Crippen LogP contribution in [0.3, 0.4) is 0 Å². The molecule has 0 aromatic heterocycles. The van der Waals surface area contributed by atoms with Crippen LogP contribution in [0.1, 0.15) is 27.2 Å². The van der Waals surface area contributed by atoms with Gasteiger partial charge < -0.3 is 10.6 Å². The average molecular weight is 182 g/mol. The molecule has 0 spiro atoms. The van der Waals surface area contributed by atoms with Crippen molar-refractivity contribution < 1.29 is 0 Å². The van der Waals surface area contributed by atoms with E-state index in [9.17, 15) is 0 Å². The first kappa shape index (κ1) is 9.47. The fraction of sp³-hybridized carbons (Fsp3) is 1.00. The van der Waals surface area contributed by atoms with Crippen LogP contribution in [0.15, 0.2) is 0 Å². The summed E-state index contributed by atoms with van der Waals surface area (Å²) in [7, 11) is 0. The summed E-state index contributed by atoms with van der Waals surface area (Å²) >= 11 is 0. The summed E-state index contributed by atoms with van der Waals surface area (Å²) in [6.45, 7) is 10.7. The fourth-order valence-corrected chi connectivity index (χ4v) is 2.82. The number of hydrogen-bond acceptors (Lipinski definition) is 2. The molecule has 13 heavy (non-hydrogen) atoms. The molecule has 0 aromatic rings. The van der Waals surface area contributed by atoms with E-state index in [2.05, 4.69) is 25.7 Å². The molecule has 2 fully saturated rings. The molecular formula is C11H22N2. The maximum absolute atomic E-state index is 5.94. The molecule has 2 rings (SSSR count). The third kappa shape index (κ3) is 1.50. The number of rotatable bonds is 3. The Labute approximate surface area is 81.5 Å². The van der Waals surface area contributed by atoms with Gasteiger partial charge in [0, 0.05) is 25.7 Å². The maximum atomic E-state index is 5.94. The molecular weight excluding hydrogens is 160 g/mol. The summed E-state index contributed by atoms with van der Waals surface area (Å²) in [4.78, 5) is 2.55. The minimum absolute atomic E-state index is 0.389. The largest absolute Gasteiger partial charge is 0.327 e. The summed E-state index contributed by atoms with van der Waals surface area (Å²) in [6, 6.07) is 0.389. The van der Waals surface area contributed by atoms with E-state index in [1.807, 2.05) is 0 Å². The van der Waals surface area contributed by atoms with Crippen LogP contribution in [0.4, 0.5) is 0 Å². The number of likely N-dealkylation sites (tertiary alicyclic amines) is 1. The molecule has 1 saturated carbocycles. The first-order valence-electron chi connectivity index (χ1n) is 5.53. The van der Waals surface area contributed by atoms with Crippen molar-refractivity contribution >= 4 is 0 Å². The molecule has 2 N–H and O–H groups in total. The van der Waals surface area contributed by atoms with Gasteiger partial charge in [-0.1, -0.05) is 20.8 Å². The molecule has 2 heteroatoms. The van der Waals surface area contributed by atoms with Crippen molar-refractivity contribution in [1.82, 2.24) is 4.90 Å². The van der Waals surface area contributed by atoms with E-state index in [4.69, 9.17) is 5.73 Å². The average Bonchev–Trinajstić information content (AvgIpc) is 2.54. The van der Waals surface area contributed by atoms with E-state index in [1.165, 1.54) is 13.1 Å². The van der Waals surface area contributed by atoms with Gasteiger partial charge in [0.1, 0.15) is 0 Å². The third-order valence-electron chi connectivity index (χ3n) is 4.21. The van der Waals surface area contributed by atoms with Crippen molar-refractivity contribution in [2.45, 2.75) is 33.2 Å². The normalized spacial score (nSPS) is 38.8. The molecule has 0 aromatic carbocycles. The van der Waals surface area contributed by atoms with Crippen LogP contribution in [0.2, 0.25) is 0 Å². The minimum Gasteiger partial charge on any atom is -0.327 e. The van der Waals surface area contributed by atoms with Gasteiger partial charge in [0.05, 0.1) is 0 Å². The van der Waals surface area contributed by atoms with Crippen molar-refractivity contribution in [3.63, 3.8) is 0 Å². The van der Waals surface area contributed by atoms with E-state index < -0.39 is 0 Å². The maximum Gasteiger partial charge on any atom is 0.0165 e. The Balaban J connectivity index is 1.78. The highest BCUT2D eigenvalue weighted by Crippen LogP contribution is 2.61. The second kappa shape index (κ2) is 2.96. The van der Waals surface area contributed by atoms with Crippen molar-refractivity contribution in [2.24, 2.45) is 23.0 Å². The highest BCUT2D eigenvalue weighted by atomic mass is 15.2. The standard InChI is InChI=1S/C11H22N2/c1-4-8(12)5-13-6-9-10(7-13)11(9,2)3/h8-10H,4-7,12H2,1-3H3. The topological polar surface area (TPSA) is 29.3 Å². The van der Waals surface area contributed by atoms with E-state index >= 15 is 0 Å². The molecule has 1 heterocycles. The van der Waals surface area contributed by atoms with Gasteiger partial charge >= 0.3 is 0 Å². The summed E-state index contributed by atoms with van der Waals surface area (Å²) in [6.07, 6.45) is 1.11. The lowest BCUT2D eigenvalue weighted by atomic mass is 10.1. The summed E-state index contributed by atoms with van der Waals surface area (Å²) < 4.78 is 0. The van der Waals surface area contributed by atoms with Crippen molar-refractivity contribution in [2.75, 3.05) is 19.6 Å². The highest BCUT2D eigenvalue weighted by molar-refractivity contribution is 5.11. The quantitative estimate of drug-likeness (QED) is 0.713. The van der Waals surface area contributed by atoms with Gasteiger partial charge in [0.15, 0.2) is 0 Å². The second-order valence-electron chi connectivity index (χ2n) is 5.42. The molecule has 1 aliphatic carbocycles. The zero-order valence-corrected chi connectivity index (χ0v) is 9.09. The van der Waals surface area contributed by atoms with Crippen LogP contribution in [-0.2, 0) is 0 Å².